The standard InChI is InChI=1S/C11H14BrClN2O/c1-6(7(2)14)11(16)15-10-4-3-8(13)5-9(10)12/h3-7H,14H2,1-2H3,(H,15,16). The Bertz CT molecular complexity index is 396. The molecule has 0 spiro atoms. The normalized spacial score (nSPS) is 14.3. The van der Waals surface area contributed by atoms with Crippen LogP contribution in [0.1, 0.15) is 13.8 Å². The Balaban J connectivity index is 2.77. The minimum absolute atomic E-state index is 0.0991. The summed E-state index contributed by atoms with van der Waals surface area (Å²) in [6.07, 6.45) is 0. The zero-order valence-corrected chi connectivity index (χ0v) is 11.5. The van der Waals surface area contributed by atoms with E-state index in [0.717, 1.165) is 4.47 Å². The number of hydrogen-bond donors (Lipinski definition) is 2. The van der Waals surface area contributed by atoms with Crippen LogP contribution in [0.3, 0.4) is 0 Å². The molecule has 1 rings (SSSR count). The highest BCUT2D eigenvalue weighted by Gasteiger charge is 2.17. The van der Waals surface area contributed by atoms with Gasteiger partial charge in [0.2, 0.25) is 5.91 Å². The first-order chi connectivity index (χ1) is 7.41. The Hall–Kier alpha value is -0.580. The van der Waals surface area contributed by atoms with Gasteiger partial charge in [-0.25, -0.2) is 0 Å². The van der Waals surface area contributed by atoms with Crippen LogP contribution < -0.4 is 11.1 Å². The smallest absolute Gasteiger partial charge is 0.228 e. The Labute approximate surface area is 108 Å². The fourth-order valence-corrected chi connectivity index (χ4v) is 1.86. The van der Waals surface area contributed by atoms with Crippen molar-refractivity contribution in [2.45, 2.75) is 19.9 Å². The van der Waals surface area contributed by atoms with E-state index in [4.69, 9.17) is 17.3 Å². The zero-order chi connectivity index (χ0) is 12.3. The largest absolute Gasteiger partial charge is 0.327 e. The van der Waals surface area contributed by atoms with Gasteiger partial charge in [-0.3, -0.25) is 4.79 Å². The molecule has 3 N–H and O–H groups in total. The molecule has 88 valence electrons. The van der Waals surface area contributed by atoms with E-state index in [0.29, 0.717) is 10.7 Å². The molecule has 0 bridgehead atoms. The highest BCUT2D eigenvalue weighted by atomic mass is 79.9. The Kier molecular flexibility index (Phi) is 4.77. The number of nitrogens with two attached hydrogens (primary N) is 1. The summed E-state index contributed by atoms with van der Waals surface area (Å²) in [4.78, 5) is 11.7. The van der Waals surface area contributed by atoms with Gasteiger partial charge in [0.05, 0.1) is 11.6 Å². The SMILES string of the molecule is CC(N)C(C)C(=O)Nc1ccc(Cl)cc1Br. The zero-order valence-electron chi connectivity index (χ0n) is 9.13. The molecule has 2 unspecified atom stereocenters. The number of nitrogens with one attached hydrogen (secondary N) is 1. The van der Waals surface area contributed by atoms with Crippen molar-refractivity contribution in [1.29, 1.82) is 0 Å². The number of carbonyl (C=O) groups is 1. The van der Waals surface area contributed by atoms with Gasteiger partial charge < -0.3 is 11.1 Å². The molecule has 0 saturated carbocycles. The first-order valence-corrected chi connectivity index (χ1v) is 6.10. The number of hydrogen-bond acceptors (Lipinski definition) is 2. The van der Waals surface area contributed by atoms with Gasteiger partial charge in [0.15, 0.2) is 0 Å². The molecule has 0 aromatic heterocycles. The van der Waals surface area contributed by atoms with Crippen LogP contribution >= 0.6 is 27.5 Å². The third-order valence-corrected chi connectivity index (χ3v) is 3.28. The van der Waals surface area contributed by atoms with Gasteiger partial charge in [0.1, 0.15) is 0 Å². The second kappa shape index (κ2) is 5.66. The van der Waals surface area contributed by atoms with Crippen molar-refractivity contribution in [1.82, 2.24) is 0 Å². The number of benzene rings is 1. The molecule has 0 aliphatic rings. The third-order valence-electron chi connectivity index (χ3n) is 2.39. The van der Waals surface area contributed by atoms with Crippen LogP contribution in [0.5, 0.6) is 0 Å². The fourth-order valence-electron chi connectivity index (χ4n) is 1.08. The fraction of sp³-hybridized carbons (Fsp3) is 0.364. The van der Waals surface area contributed by atoms with Gasteiger partial charge >= 0.3 is 0 Å². The number of amides is 1. The maximum atomic E-state index is 11.7. The molecule has 0 aliphatic carbocycles. The summed E-state index contributed by atoms with van der Waals surface area (Å²) in [6.45, 7) is 3.60. The molecule has 0 radical (unpaired) electrons. The van der Waals surface area contributed by atoms with Gasteiger partial charge in [-0.05, 0) is 41.1 Å². The second-order valence-electron chi connectivity index (χ2n) is 3.76. The van der Waals surface area contributed by atoms with E-state index in [1.807, 2.05) is 0 Å². The number of anilines is 1. The molecule has 0 heterocycles. The first kappa shape index (κ1) is 13.5. The van der Waals surface area contributed by atoms with Gasteiger partial charge in [-0.1, -0.05) is 18.5 Å². The van der Waals surface area contributed by atoms with Crippen LogP contribution in [0.2, 0.25) is 5.02 Å². The predicted molar refractivity (Wildman–Crippen MR) is 70.6 cm³/mol. The van der Waals surface area contributed by atoms with Crippen LogP contribution in [-0.4, -0.2) is 11.9 Å². The lowest BCUT2D eigenvalue weighted by Crippen LogP contribution is -2.34. The first-order valence-electron chi connectivity index (χ1n) is 4.93. The van der Waals surface area contributed by atoms with Crippen molar-refractivity contribution in [3.63, 3.8) is 0 Å². The van der Waals surface area contributed by atoms with Crippen molar-refractivity contribution in [2.24, 2.45) is 11.7 Å². The van der Waals surface area contributed by atoms with Crippen LogP contribution in [-0.2, 0) is 4.79 Å². The number of halogens is 2. The van der Waals surface area contributed by atoms with Crippen LogP contribution in [0.25, 0.3) is 0 Å². The molecule has 2 atom stereocenters. The van der Waals surface area contributed by atoms with Gasteiger partial charge in [0.25, 0.3) is 0 Å². The Morgan fingerprint density at radius 3 is 2.62 bits per heavy atom. The molecular formula is C11H14BrClN2O. The molecule has 16 heavy (non-hydrogen) atoms. The van der Waals surface area contributed by atoms with Crippen LogP contribution in [0.4, 0.5) is 5.69 Å². The van der Waals surface area contributed by atoms with E-state index >= 15 is 0 Å². The number of rotatable bonds is 3. The number of carbonyl (C=O) groups excluding carboxylic acids is 1. The topological polar surface area (TPSA) is 55.1 Å². The maximum Gasteiger partial charge on any atom is 0.228 e. The van der Waals surface area contributed by atoms with Crippen molar-refractivity contribution in [2.75, 3.05) is 5.32 Å². The van der Waals surface area contributed by atoms with E-state index < -0.39 is 0 Å². The predicted octanol–water partition coefficient (Wildman–Crippen LogP) is 3.02. The summed E-state index contributed by atoms with van der Waals surface area (Å²) in [5, 5.41) is 3.41. The minimum Gasteiger partial charge on any atom is -0.327 e. The Morgan fingerprint density at radius 1 is 1.50 bits per heavy atom. The maximum absolute atomic E-state index is 11.7. The summed E-state index contributed by atoms with van der Waals surface area (Å²) in [5.74, 6) is -0.333. The molecule has 3 nitrogen and oxygen atoms in total. The van der Waals surface area contributed by atoms with Crippen LogP contribution in [0.15, 0.2) is 22.7 Å². The molecule has 0 aliphatic heterocycles. The lowest BCUT2D eigenvalue weighted by atomic mass is 10.0. The monoisotopic (exact) mass is 304 g/mol. The van der Waals surface area contributed by atoms with Gasteiger partial charge in [-0.15, -0.1) is 0 Å². The summed E-state index contributed by atoms with van der Waals surface area (Å²) >= 11 is 9.14. The van der Waals surface area contributed by atoms with Gasteiger partial charge in [0, 0.05) is 15.5 Å². The molecular weight excluding hydrogens is 291 g/mol. The summed E-state index contributed by atoms with van der Waals surface area (Å²) in [7, 11) is 0. The van der Waals surface area contributed by atoms with E-state index in [1.165, 1.54) is 0 Å². The Morgan fingerprint density at radius 2 is 2.12 bits per heavy atom. The molecule has 1 amide bonds. The summed E-state index contributed by atoms with van der Waals surface area (Å²) in [6, 6.07) is 5.02. The highest BCUT2D eigenvalue weighted by Crippen LogP contribution is 2.26. The van der Waals surface area contributed by atoms with E-state index in [2.05, 4.69) is 21.2 Å². The van der Waals surface area contributed by atoms with Crippen molar-refractivity contribution in [3.8, 4) is 0 Å². The van der Waals surface area contributed by atoms with E-state index in [-0.39, 0.29) is 17.9 Å². The van der Waals surface area contributed by atoms with Crippen LogP contribution in [0, 0.1) is 5.92 Å². The summed E-state index contributed by atoms with van der Waals surface area (Å²) < 4.78 is 0.755. The molecule has 1 aromatic rings. The quantitative estimate of drug-likeness (QED) is 0.902. The highest BCUT2D eigenvalue weighted by molar-refractivity contribution is 9.10. The lowest BCUT2D eigenvalue weighted by molar-refractivity contribution is -0.119. The van der Waals surface area contributed by atoms with E-state index in [9.17, 15) is 4.79 Å². The molecule has 0 saturated heterocycles. The van der Waals surface area contributed by atoms with Crippen molar-refractivity contribution < 1.29 is 4.79 Å². The minimum atomic E-state index is -0.234. The molecule has 0 fully saturated rings. The van der Waals surface area contributed by atoms with Crippen molar-refractivity contribution >= 4 is 39.1 Å². The average molecular weight is 306 g/mol. The second-order valence-corrected chi connectivity index (χ2v) is 5.05. The average Bonchev–Trinajstić information content (AvgIpc) is 2.20. The molecule has 1 aromatic carbocycles. The summed E-state index contributed by atoms with van der Waals surface area (Å²) in [5.41, 5.74) is 6.36. The van der Waals surface area contributed by atoms with Gasteiger partial charge in [-0.2, -0.15) is 0 Å². The van der Waals surface area contributed by atoms with Crippen molar-refractivity contribution in [3.05, 3.63) is 27.7 Å². The lowest BCUT2D eigenvalue weighted by Gasteiger charge is -2.16. The third kappa shape index (κ3) is 3.47. The van der Waals surface area contributed by atoms with E-state index in [1.54, 1.807) is 32.0 Å². The molecule has 5 heteroatoms.